The molecule has 27 heavy (non-hydrogen) atoms. The number of nitrogens with zero attached hydrogens (tertiary/aromatic N) is 2. The quantitative estimate of drug-likeness (QED) is 0.616. The maximum atomic E-state index is 11.9. The molecule has 3 N–H and O–H groups in total. The fourth-order valence-corrected chi connectivity index (χ4v) is 2.59. The molecule has 1 aromatic heterocycles. The Morgan fingerprint density at radius 3 is 2.67 bits per heavy atom. The fourth-order valence-electron chi connectivity index (χ4n) is 2.59. The Bertz CT molecular complexity index is 633. The summed E-state index contributed by atoms with van der Waals surface area (Å²) in [6.07, 6.45) is 1.23. The van der Waals surface area contributed by atoms with Crippen LogP contribution in [0.3, 0.4) is 0 Å². The van der Waals surface area contributed by atoms with Crippen LogP contribution in [0.25, 0.3) is 0 Å². The van der Waals surface area contributed by atoms with Crippen LogP contribution in [0.15, 0.2) is 18.3 Å². The Hall–Kier alpha value is -1.68. The van der Waals surface area contributed by atoms with Gasteiger partial charge in [-0.1, -0.05) is 6.07 Å². The zero-order valence-corrected chi connectivity index (χ0v) is 16.7. The van der Waals surface area contributed by atoms with Crippen LogP contribution in [-0.4, -0.2) is 70.7 Å². The minimum Gasteiger partial charge on any atom is -0.450 e. The van der Waals surface area contributed by atoms with Crippen LogP contribution in [-0.2, 0) is 9.39 Å². The number of carbonyl (C=O) groups excluding carboxylic acids is 1. The number of carbonyl (C=O) groups is 1. The Morgan fingerprint density at radius 1 is 1.41 bits per heavy atom. The molecule has 0 spiro atoms. The molecule has 8 nitrogen and oxygen atoms in total. The second kappa shape index (κ2) is 8.56. The van der Waals surface area contributed by atoms with E-state index >= 15 is 0 Å². The van der Waals surface area contributed by atoms with Gasteiger partial charge < -0.3 is 29.7 Å². The predicted molar refractivity (Wildman–Crippen MR) is 103 cm³/mol. The third-order valence-electron chi connectivity index (χ3n) is 5.03. The van der Waals surface area contributed by atoms with Crippen molar-refractivity contribution in [3.05, 3.63) is 24.0 Å². The maximum absolute atomic E-state index is 11.9. The fraction of sp³-hybridized carbons (Fsp3) is 0.667. The SMILES string of the molecule is CCOC(=O)N1CCNC(c2ccc(B(O)OC(C)(C)C(C)(C)O)cn2)C1. The van der Waals surface area contributed by atoms with Crippen molar-refractivity contribution in [1.82, 2.24) is 15.2 Å². The van der Waals surface area contributed by atoms with Crippen molar-refractivity contribution in [3.8, 4) is 0 Å². The molecule has 1 atom stereocenters. The smallest absolute Gasteiger partial charge is 0.450 e. The summed E-state index contributed by atoms with van der Waals surface area (Å²) in [5, 5.41) is 23.8. The lowest BCUT2D eigenvalue weighted by atomic mass is 9.77. The number of pyridine rings is 1. The average molecular weight is 379 g/mol. The Labute approximate surface area is 161 Å². The molecule has 1 saturated heterocycles. The minimum atomic E-state index is -1.21. The van der Waals surface area contributed by atoms with Crippen molar-refractivity contribution < 1.29 is 24.3 Å². The predicted octanol–water partition coefficient (Wildman–Crippen LogP) is 0.438. The van der Waals surface area contributed by atoms with Gasteiger partial charge in [0.1, 0.15) is 0 Å². The normalized spacial score (nSPS) is 18.3. The molecule has 0 saturated carbocycles. The van der Waals surface area contributed by atoms with Gasteiger partial charge in [0.25, 0.3) is 0 Å². The van der Waals surface area contributed by atoms with Crippen LogP contribution in [0.2, 0.25) is 0 Å². The molecule has 9 heteroatoms. The summed E-state index contributed by atoms with van der Waals surface area (Å²) >= 11 is 0. The number of aromatic nitrogens is 1. The summed E-state index contributed by atoms with van der Waals surface area (Å²) in [5.74, 6) is 0. The van der Waals surface area contributed by atoms with Crippen LogP contribution >= 0.6 is 0 Å². The standard InChI is InChI=1S/C18H30BN3O5/c1-6-26-16(23)22-10-9-20-15(12-22)14-8-7-13(11-21-14)19(25)27-18(4,5)17(2,3)24/h7-8,11,15,20,24-25H,6,9-10,12H2,1-5H3. The van der Waals surface area contributed by atoms with Crippen molar-refractivity contribution >= 4 is 18.7 Å². The summed E-state index contributed by atoms with van der Waals surface area (Å²) in [6, 6.07) is 3.42. The number of ether oxygens (including phenoxy) is 1. The molecule has 0 radical (unpaired) electrons. The van der Waals surface area contributed by atoms with Crippen LogP contribution in [0.5, 0.6) is 0 Å². The lowest BCUT2D eigenvalue weighted by Gasteiger charge is -2.38. The van der Waals surface area contributed by atoms with E-state index in [0.29, 0.717) is 31.7 Å². The van der Waals surface area contributed by atoms with Crippen LogP contribution in [0.1, 0.15) is 46.4 Å². The highest BCUT2D eigenvalue weighted by molar-refractivity contribution is 6.60. The molecule has 1 aliphatic heterocycles. The van der Waals surface area contributed by atoms with E-state index in [1.165, 1.54) is 0 Å². The van der Waals surface area contributed by atoms with Crippen LogP contribution < -0.4 is 10.8 Å². The first kappa shape index (κ1) is 21.6. The molecule has 0 aromatic carbocycles. The number of amides is 1. The molecule has 0 aliphatic carbocycles. The van der Waals surface area contributed by atoms with Crippen molar-refractivity contribution in [2.45, 2.75) is 51.9 Å². The largest absolute Gasteiger partial charge is 0.493 e. The van der Waals surface area contributed by atoms with Gasteiger partial charge in [-0.3, -0.25) is 4.98 Å². The lowest BCUT2D eigenvalue weighted by molar-refractivity contribution is -0.0982. The maximum Gasteiger partial charge on any atom is 0.493 e. The van der Waals surface area contributed by atoms with Gasteiger partial charge in [-0.05, 0) is 40.7 Å². The van der Waals surface area contributed by atoms with E-state index in [2.05, 4.69) is 10.3 Å². The zero-order chi connectivity index (χ0) is 20.2. The van der Waals surface area contributed by atoms with Crippen molar-refractivity contribution in [2.24, 2.45) is 0 Å². The van der Waals surface area contributed by atoms with Crippen LogP contribution in [0, 0.1) is 0 Å². The van der Waals surface area contributed by atoms with Gasteiger partial charge in [-0.15, -0.1) is 0 Å². The highest BCUT2D eigenvalue weighted by Gasteiger charge is 2.39. The average Bonchev–Trinajstić information content (AvgIpc) is 2.61. The Balaban J connectivity index is 2.03. The first-order valence-electron chi connectivity index (χ1n) is 9.24. The molecule has 0 bridgehead atoms. The molecule has 1 unspecified atom stereocenters. The number of piperazine rings is 1. The summed E-state index contributed by atoms with van der Waals surface area (Å²) < 4.78 is 10.7. The summed E-state index contributed by atoms with van der Waals surface area (Å²) in [4.78, 5) is 18.0. The van der Waals surface area contributed by atoms with Gasteiger partial charge in [-0.25, -0.2) is 4.79 Å². The zero-order valence-electron chi connectivity index (χ0n) is 16.7. The molecule has 1 amide bonds. The molecule has 2 rings (SSSR count). The molecule has 150 valence electrons. The molecule has 1 aromatic rings. The number of aliphatic hydroxyl groups is 1. The second-order valence-corrected chi connectivity index (χ2v) is 7.71. The highest BCUT2D eigenvalue weighted by atomic mass is 16.6. The topological polar surface area (TPSA) is 104 Å². The third kappa shape index (κ3) is 5.41. The van der Waals surface area contributed by atoms with E-state index in [-0.39, 0.29) is 12.1 Å². The summed E-state index contributed by atoms with van der Waals surface area (Å²) in [7, 11) is -1.21. The second-order valence-electron chi connectivity index (χ2n) is 7.71. The van der Waals surface area contributed by atoms with Gasteiger partial charge in [0.15, 0.2) is 0 Å². The molecule has 1 aliphatic rings. The molecule has 2 heterocycles. The van der Waals surface area contributed by atoms with Crippen molar-refractivity contribution in [3.63, 3.8) is 0 Å². The Kier molecular flexibility index (Phi) is 6.85. The van der Waals surface area contributed by atoms with Crippen molar-refractivity contribution in [1.29, 1.82) is 0 Å². The van der Waals surface area contributed by atoms with E-state index in [0.717, 1.165) is 5.69 Å². The first-order chi connectivity index (χ1) is 12.5. The van der Waals surface area contributed by atoms with E-state index in [1.807, 2.05) is 0 Å². The number of hydrogen-bond acceptors (Lipinski definition) is 7. The Morgan fingerprint density at radius 2 is 2.11 bits per heavy atom. The van der Waals surface area contributed by atoms with E-state index in [1.54, 1.807) is 57.8 Å². The van der Waals surface area contributed by atoms with Crippen LogP contribution in [0.4, 0.5) is 4.79 Å². The van der Waals surface area contributed by atoms with Gasteiger partial charge in [0.05, 0.1) is 29.5 Å². The molecular formula is C18H30BN3O5. The third-order valence-corrected chi connectivity index (χ3v) is 5.03. The van der Waals surface area contributed by atoms with Gasteiger partial charge >= 0.3 is 13.2 Å². The van der Waals surface area contributed by atoms with Gasteiger partial charge in [0, 0.05) is 31.3 Å². The highest BCUT2D eigenvalue weighted by Crippen LogP contribution is 2.25. The number of rotatable bonds is 6. The summed E-state index contributed by atoms with van der Waals surface area (Å²) in [6.45, 7) is 10.5. The first-order valence-corrected chi connectivity index (χ1v) is 9.24. The lowest BCUT2D eigenvalue weighted by Crippen LogP contribution is -2.53. The van der Waals surface area contributed by atoms with Gasteiger partial charge in [-0.2, -0.15) is 0 Å². The minimum absolute atomic E-state index is 0.108. The van der Waals surface area contributed by atoms with E-state index in [4.69, 9.17) is 9.39 Å². The number of nitrogens with one attached hydrogen (secondary N) is 1. The number of hydrogen-bond donors (Lipinski definition) is 3. The summed E-state index contributed by atoms with van der Waals surface area (Å²) in [5.41, 5.74) is -0.809. The van der Waals surface area contributed by atoms with E-state index < -0.39 is 18.3 Å². The van der Waals surface area contributed by atoms with E-state index in [9.17, 15) is 14.9 Å². The van der Waals surface area contributed by atoms with Gasteiger partial charge in [0.2, 0.25) is 0 Å². The van der Waals surface area contributed by atoms with Crippen molar-refractivity contribution in [2.75, 3.05) is 26.2 Å². The molecular weight excluding hydrogens is 349 g/mol. The monoisotopic (exact) mass is 379 g/mol. The molecule has 1 fully saturated rings.